The van der Waals surface area contributed by atoms with E-state index in [-0.39, 0.29) is 5.91 Å². The zero-order valence-electron chi connectivity index (χ0n) is 15.8. The van der Waals surface area contributed by atoms with Gasteiger partial charge in [0.1, 0.15) is 5.75 Å². The standard InChI is InChI=1S/C21H33NO3/c1-3-4-14-25-16-18-15-17(12-13-20(18)24-2)21(23)22-19-10-8-6-5-7-9-11-19/h12-13,15,19H,3-11,14,16H2,1-2H3,(H,22,23). The Morgan fingerprint density at radius 3 is 2.56 bits per heavy atom. The molecule has 0 heterocycles. The molecule has 0 atom stereocenters. The molecule has 2 rings (SSSR count). The minimum Gasteiger partial charge on any atom is -0.496 e. The Bertz CT molecular complexity index is 522. The summed E-state index contributed by atoms with van der Waals surface area (Å²) < 4.78 is 11.1. The van der Waals surface area contributed by atoms with Gasteiger partial charge in [-0.05, 0) is 37.5 Å². The monoisotopic (exact) mass is 347 g/mol. The molecule has 0 saturated heterocycles. The van der Waals surface area contributed by atoms with E-state index in [1.165, 1.54) is 32.1 Å². The van der Waals surface area contributed by atoms with Crippen molar-refractivity contribution in [3.05, 3.63) is 29.3 Å². The Balaban J connectivity index is 1.97. The van der Waals surface area contributed by atoms with Crippen LogP contribution in [0.4, 0.5) is 0 Å². The number of rotatable bonds is 8. The largest absolute Gasteiger partial charge is 0.496 e. The third-order valence-electron chi connectivity index (χ3n) is 4.88. The second kappa shape index (κ2) is 11.1. The van der Waals surface area contributed by atoms with Gasteiger partial charge in [-0.1, -0.05) is 45.4 Å². The highest BCUT2D eigenvalue weighted by molar-refractivity contribution is 5.94. The lowest BCUT2D eigenvalue weighted by molar-refractivity contribution is 0.0929. The average Bonchev–Trinajstić information content (AvgIpc) is 2.60. The van der Waals surface area contributed by atoms with E-state index in [1.807, 2.05) is 18.2 Å². The van der Waals surface area contributed by atoms with Gasteiger partial charge in [0, 0.05) is 23.8 Å². The summed E-state index contributed by atoms with van der Waals surface area (Å²) >= 11 is 0. The van der Waals surface area contributed by atoms with Crippen molar-refractivity contribution < 1.29 is 14.3 Å². The molecule has 1 saturated carbocycles. The van der Waals surface area contributed by atoms with E-state index in [2.05, 4.69) is 12.2 Å². The van der Waals surface area contributed by atoms with E-state index in [4.69, 9.17) is 9.47 Å². The highest BCUT2D eigenvalue weighted by Gasteiger charge is 2.16. The van der Waals surface area contributed by atoms with Gasteiger partial charge in [-0.25, -0.2) is 0 Å². The SMILES string of the molecule is CCCCOCc1cc(C(=O)NC2CCCCCCC2)ccc1OC. The van der Waals surface area contributed by atoms with Gasteiger partial charge in [0.05, 0.1) is 13.7 Å². The van der Waals surface area contributed by atoms with Crippen molar-refractivity contribution >= 4 is 5.91 Å². The number of carbonyl (C=O) groups is 1. The fourth-order valence-electron chi connectivity index (χ4n) is 3.33. The van der Waals surface area contributed by atoms with Gasteiger partial charge in [-0.2, -0.15) is 0 Å². The van der Waals surface area contributed by atoms with Gasteiger partial charge < -0.3 is 14.8 Å². The van der Waals surface area contributed by atoms with Crippen LogP contribution in [0.3, 0.4) is 0 Å². The van der Waals surface area contributed by atoms with Gasteiger partial charge in [0.15, 0.2) is 0 Å². The minimum atomic E-state index is 0.0167. The van der Waals surface area contributed by atoms with Crippen LogP contribution in [-0.4, -0.2) is 25.7 Å². The molecule has 1 N–H and O–H groups in total. The maximum atomic E-state index is 12.6. The number of methoxy groups -OCH3 is 1. The van der Waals surface area contributed by atoms with E-state index >= 15 is 0 Å². The van der Waals surface area contributed by atoms with Crippen LogP contribution in [0, 0.1) is 0 Å². The van der Waals surface area contributed by atoms with Crippen LogP contribution in [-0.2, 0) is 11.3 Å². The summed E-state index contributed by atoms with van der Waals surface area (Å²) in [7, 11) is 1.65. The number of hydrogen-bond acceptors (Lipinski definition) is 3. The molecule has 0 aliphatic heterocycles. The van der Waals surface area contributed by atoms with E-state index in [0.717, 1.165) is 43.6 Å². The topological polar surface area (TPSA) is 47.6 Å². The van der Waals surface area contributed by atoms with Crippen molar-refractivity contribution in [1.82, 2.24) is 5.32 Å². The molecule has 1 aromatic rings. The lowest BCUT2D eigenvalue weighted by atomic mass is 9.96. The van der Waals surface area contributed by atoms with E-state index in [1.54, 1.807) is 7.11 Å². The van der Waals surface area contributed by atoms with Crippen molar-refractivity contribution in [2.75, 3.05) is 13.7 Å². The van der Waals surface area contributed by atoms with Crippen molar-refractivity contribution in [3.8, 4) is 5.75 Å². The molecule has 1 fully saturated rings. The predicted molar refractivity (Wildman–Crippen MR) is 101 cm³/mol. The second-order valence-electron chi connectivity index (χ2n) is 6.95. The van der Waals surface area contributed by atoms with E-state index < -0.39 is 0 Å². The molecular weight excluding hydrogens is 314 g/mol. The molecule has 0 radical (unpaired) electrons. The van der Waals surface area contributed by atoms with Crippen LogP contribution in [0.25, 0.3) is 0 Å². The van der Waals surface area contributed by atoms with Crippen LogP contribution in [0.15, 0.2) is 18.2 Å². The van der Waals surface area contributed by atoms with Crippen molar-refractivity contribution in [3.63, 3.8) is 0 Å². The zero-order chi connectivity index (χ0) is 17.9. The maximum Gasteiger partial charge on any atom is 0.251 e. The second-order valence-corrected chi connectivity index (χ2v) is 6.95. The van der Waals surface area contributed by atoms with Crippen LogP contribution in [0.2, 0.25) is 0 Å². The smallest absolute Gasteiger partial charge is 0.251 e. The molecule has 0 spiro atoms. The summed E-state index contributed by atoms with van der Waals surface area (Å²) in [5, 5.41) is 3.22. The van der Waals surface area contributed by atoms with E-state index in [9.17, 15) is 4.79 Å². The summed E-state index contributed by atoms with van der Waals surface area (Å²) in [5.74, 6) is 0.794. The Hall–Kier alpha value is -1.55. The summed E-state index contributed by atoms with van der Waals surface area (Å²) in [5.41, 5.74) is 1.63. The molecule has 140 valence electrons. The first-order valence-corrected chi connectivity index (χ1v) is 9.80. The Morgan fingerprint density at radius 1 is 1.16 bits per heavy atom. The first-order valence-electron chi connectivity index (χ1n) is 9.80. The molecule has 0 aromatic heterocycles. The Morgan fingerprint density at radius 2 is 1.88 bits per heavy atom. The lowest BCUT2D eigenvalue weighted by Gasteiger charge is -2.21. The first-order chi connectivity index (χ1) is 12.2. The van der Waals surface area contributed by atoms with Gasteiger partial charge in [-0.3, -0.25) is 4.79 Å². The molecule has 1 aromatic carbocycles. The molecule has 1 amide bonds. The summed E-state index contributed by atoms with van der Waals surface area (Å²) in [6.45, 7) is 3.36. The Labute approximate surface area is 152 Å². The molecule has 25 heavy (non-hydrogen) atoms. The summed E-state index contributed by atoms with van der Waals surface area (Å²) in [4.78, 5) is 12.6. The maximum absolute atomic E-state index is 12.6. The number of carbonyl (C=O) groups excluding carboxylic acids is 1. The fourth-order valence-corrected chi connectivity index (χ4v) is 3.33. The number of nitrogens with one attached hydrogen (secondary N) is 1. The molecular formula is C21H33NO3. The first kappa shape index (κ1) is 19.8. The number of unbranched alkanes of at least 4 members (excludes halogenated alkanes) is 1. The van der Waals surface area contributed by atoms with Gasteiger partial charge >= 0.3 is 0 Å². The minimum absolute atomic E-state index is 0.0167. The average molecular weight is 347 g/mol. The van der Waals surface area contributed by atoms with Crippen LogP contribution in [0.5, 0.6) is 5.75 Å². The highest BCUT2D eigenvalue weighted by Crippen LogP contribution is 2.22. The van der Waals surface area contributed by atoms with Gasteiger partial charge in [0.25, 0.3) is 5.91 Å². The van der Waals surface area contributed by atoms with Crippen molar-refractivity contribution in [1.29, 1.82) is 0 Å². The zero-order valence-corrected chi connectivity index (χ0v) is 15.8. The van der Waals surface area contributed by atoms with Crippen LogP contribution < -0.4 is 10.1 Å². The van der Waals surface area contributed by atoms with Gasteiger partial charge in [-0.15, -0.1) is 0 Å². The quantitative estimate of drug-likeness (QED) is 0.684. The molecule has 1 aliphatic rings. The third kappa shape index (κ3) is 6.69. The fraction of sp³-hybridized carbons (Fsp3) is 0.667. The Kier molecular flexibility index (Phi) is 8.81. The van der Waals surface area contributed by atoms with Crippen LogP contribution in [0.1, 0.15) is 80.6 Å². The van der Waals surface area contributed by atoms with Crippen molar-refractivity contribution in [2.24, 2.45) is 0 Å². The van der Waals surface area contributed by atoms with Crippen LogP contribution >= 0.6 is 0 Å². The molecule has 4 nitrogen and oxygen atoms in total. The normalized spacial score (nSPS) is 16.1. The lowest BCUT2D eigenvalue weighted by Crippen LogP contribution is -2.35. The number of hydrogen-bond donors (Lipinski definition) is 1. The van der Waals surface area contributed by atoms with E-state index in [0.29, 0.717) is 18.2 Å². The summed E-state index contributed by atoms with van der Waals surface area (Å²) in [6, 6.07) is 5.92. The number of amides is 1. The number of benzene rings is 1. The highest BCUT2D eigenvalue weighted by atomic mass is 16.5. The molecule has 1 aliphatic carbocycles. The molecule has 0 bridgehead atoms. The molecule has 4 heteroatoms. The third-order valence-corrected chi connectivity index (χ3v) is 4.88. The predicted octanol–water partition coefficient (Wildman–Crippen LogP) is 4.85. The number of ether oxygens (including phenoxy) is 2. The molecule has 0 unspecified atom stereocenters. The summed E-state index contributed by atoms with van der Waals surface area (Å²) in [6.07, 6.45) is 10.7. The van der Waals surface area contributed by atoms with Gasteiger partial charge in [0.2, 0.25) is 0 Å². The van der Waals surface area contributed by atoms with Crippen molar-refractivity contribution in [2.45, 2.75) is 77.4 Å².